The summed E-state index contributed by atoms with van der Waals surface area (Å²) in [5, 5.41) is 3.66. The second kappa shape index (κ2) is 6.75. The van der Waals surface area contributed by atoms with Crippen molar-refractivity contribution in [2.45, 2.75) is 71.9 Å². The van der Waals surface area contributed by atoms with Gasteiger partial charge in [-0.25, -0.2) is 0 Å². The minimum Gasteiger partial charge on any atom is -0.311 e. The Balaban J connectivity index is 2.38. The van der Waals surface area contributed by atoms with Gasteiger partial charge in [0, 0.05) is 24.7 Å². The number of rotatable bonds is 7. The van der Waals surface area contributed by atoms with E-state index >= 15 is 0 Å². The molecule has 1 fully saturated rings. The van der Waals surface area contributed by atoms with Crippen LogP contribution in [0.3, 0.4) is 0 Å². The third-order valence-electron chi connectivity index (χ3n) is 3.98. The third-order valence-corrected chi connectivity index (χ3v) is 3.98. The zero-order valence-electron chi connectivity index (χ0n) is 12.6. The molecule has 102 valence electrons. The van der Waals surface area contributed by atoms with E-state index < -0.39 is 0 Å². The predicted molar refractivity (Wildman–Crippen MR) is 76.4 cm³/mol. The van der Waals surface area contributed by atoms with Crippen LogP contribution in [0.2, 0.25) is 0 Å². The fourth-order valence-electron chi connectivity index (χ4n) is 2.50. The van der Waals surface area contributed by atoms with Crippen molar-refractivity contribution < 1.29 is 0 Å². The lowest BCUT2D eigenvalue weighted by atomic mass is 9.84. The van der Waals surface area contributed by atoms with E-state index in [0.29, 0.717) is 6.04 Å². The van der Waals surface area contributed by atoms with E-state index in [-0.39, 0.29) is 5.54 Å². The first-order chi connectivity index (χ1) is 7.96. The maximum atomic E-state index is 3.66. The third kappa shape index (κ3) is 5.39. The van der Waals surface area contributed by atoms with Gasteiger partial charge in [-0.2, -0.15) is 0 Å². The van der Waals surface area contributed by atoms with Crippen molar-refractivity contribution in [1.82, 2.24) is 10.2 Å². The van der Waals surface area contributed by atoms with Gasteiger partial charge in [-0.15, -0.1) is 0 Å². The van der Waals surface area contributed by atoms with Crippen molar-refractivity contribution >= 4 is 0 Å². The van der Waals surface area contributed by atoms with Gasteiger partial charge >= 0.3 is 0 Å². The topological polar surface area (TPSA) is 15.3 Å². The quantitative estimate of drug-likeness (QED) is 0.735. The Morgan fingerprint density at radius 1 is 1.24 bits per heavy atom. The first kappa shape index (κ1) is 15.0. The Kier molecular flexibility index (Phi) is 5.94. The Bertz CT molecular complexity index is 203. The van der Waals surface area contributed by atoms with E-state index in [4.69, 9.17) is 0 Å². The van der Waals surface area contributed by atoms with Crippen molar-refractivity contribution in [3.05, 3.63) is 0 Å². The number of nitrogens with one attached hydrogen (secondary N) is 1. The molecule has 0 spiro atoms. The molecule has 0 radical (unpaired) electrons. The first-order valence-corrected chi connectivity index (χ1v) is 7.45. The molecule has 1 atom stereocenters. The van der Waals surface area contributed by atoms with Crippen LogP contribution >= 0.6 is 0 Å². The van der Waals surface area contributed by atoms with Crippen LogP contribution in [-0.2, 0) is 0 Å². The lowest BCUT2D eigenvalue weighted by molar-refractivity contribution is 0.129. The predicted octanol–water partition coefficient (Wildman–Crippen LogP) is 3.28. The normalized spacial score (nSPS) is 19.4. The van der Waals surface area contributed by atoms with E-state index in [1.54, 1.807) is 0 Å². The maximum absolute atomic E-state index is 3.66. The summed E-state index contributed by atoms with van der Waals surface area (Å²) in [5.74, 6) is 0.985. The molecule has 0 aromatic heterocycles. The molecule has 17 heavy (non-hydrogen) atoms. The van der Waals surface area contributed by atoms with E-state index in [1.807, 2.05) is 0 Å². The van der Waals surface area contributed by atoms with Gasteiger partial charge in [0.15, 0.2) is 0 Å². The number of hydrogen-bond acceptors (Lipinski definition) is 2. The van der Waals surface area contributed by atoms with Gasteiger partial charge in [0.05, 0.1) is 0 Å². The molecule has 0 saturated heterocycles. The molecular formula is C15H32N2. The van der Waals surface area contributed by atoms with Gasteiger partial charge in [-0.3, -0.25) is 4.90 Å². The van der Waals surface area contributed by atoms with Crippen molar-refractivity contribution in [1.29, 1.82) is 0 Å². The number of likely N-dealkylation sites (N-methyl/N-ethyl adjacent to an activating group) is 1. The van der Waals surface area contributed by atoms with Gasteiger partial charge in [-0.1, -0.05) is 20.3 Å². The fraction of sp³-hybridized carbons (Fsp3) is 1.00. The lowest BCUT2D eigenvalue weighted by Gasteiger charge is -2.37. The molecular weight excluding hydrogens is 208 g/mol. The zero-order chi connectivity index (χ0) is 12.9. The molecule has 0 bridgehead atoms. The van der Waals surface area contributed by atoms with Crippen molar-refractivity contribution in [3.63, 3.8) is 0 Å². The molecule has 0 aromatic carbocycles. The fourth-order valence-corrected chi connectivity index (χ4v) is 2.50. The number of hydrogen-bond donors (Lipinski definition) is 1. The second-order valence-electron chi connectivity index (χ2n) is 6.58. The molecule has 1 unspecified atom stereocenters. The van der Waals surface area contributed by atoms with Crippen LogP contribution in [0.5, 0.6) is 0 Å². The van der Waals surface area contributed by atoms with Crippen LogP contribution in [-0.4, -0.2) is 36.1 Å². The molecule has 1 aliphatic rings. The van der Waals surface area contributed by atoms with Crippen molar-refractivity contribution in [3.8, 4) is 0 Å². The summed E-state index contributed by atoms with van der Waals surface area (Å²) in [7, 11) is 0. The highest BCUT2D eigenvalue weighted by Crippen LogP contribution is 2.27. The summed E-state index contributed by atoms with van der Waals surface area (Å²) in [6.07, 6.45) is 5.63. The van der Waals surface area contributed by atoms with Gasteiger partial charge in [0.2, 0.25) is 0 Å². The number of nitrogens with zero attached hydrogens (tertiary/aromatic N) is 1. The summed E-state index contributed by atoms with van der Waals surface area (Å²) in [6, 6.07) is 0.708. The molecule has 1 N–H and O–H groups in total. The Labute approximate surface area is 108 Å². The molecule has 2 nitrogen and oxygen atoms in total. The van der Waals surface area contributed by atoms with Crippen LogP contribution in [0, 0.1) is 5.92 Å². The smallest absolute Gasteiger partial charge is 0.0218 e. The van der Waals surface area contributed by atoms with Crippen LogP contribution in [0.1, 0.15) is 60.3 Å². The Morgan fingerprint density at radius 2 is 1.88 bits per heavy atom. The highest BCUT2D eigenvalue weighted by atomic mass is 15.2. The summed E-state index contributed by atoms with van der Waals surface area (Å²) >= 11 is 0. The van der Waals surface area contributed by atoms with Gasteiger partial charge in [0.1, 0.15) is 0 Å². The average Bonchev–Trinajstić information content (AvgIpc) is 2.18. The summed E-state index contributed by atoms with van der Waals surface area (Å²) < 4.78 is 0. The van der Waals surface area contributed by atoms with E-state index in [0.717, 1.165) is 12.5 Å². The Morgan fingerprint density at radius 3 is 2.24 bits per heavy atom. The molecule has 2 heteroatoms. The largest absolute Gasteiger partial charge is 0.311 e. The standard InChI is InChI=1S/C15H32N2/c1-6-14(11-16-15(3,4)5)17(7-2)12-13-9-8-10-13/h13-14,16H,6-12H2,1-5H3. The monoisotopic (exact) mass is 240 g/mol. The minimum absolute atomic E-state index is 0.239. The Hall–Kier alpha value is -0.0800. The summed E-state index contributed by atoms with van der Waals surface area (Å²) in [5.41, 5.74) is 0.239. The maximum Gasteiger partial charge on any atom is 0.0218 e. The van der Waals surface area contributed by atoms with Gasteiger partial charge in [-0.05, 0) is 52.5 Å². The minimum atomic E-state index is 0.239. The van der Waals surface area contributed by atoms with Crippen molar-refractivity contribution in [2.24, 2.45) is 5.92 Å². The van der Waals surface area contributed by atoms with Gasteiger partial charge < -0.3 is 5.32 Å². The molecule has 1 aliphatic carbocycles. The van der Waals surface area contributed by atoms with Crippen molar-refractivity contribution in [2.75, 3.05) is 19.6 Å². The highest BCUT2D eigenvalue weighted by Gasteiger charge is 2.24. The SMILES string of the molecule is CCC(CNC(C)(C)C)N(CC)CC1CCC1. The first-order valence-electron chi connectivity index (χ1n) is 7.45. The molecule has 0 amide bonds. The summed E-state index contributed by atoms with van der Waals surface area (Å²) in [4.78, 5) is 2.68. The molecule has 0 heterocycles. The van der Waals surface area contributed by atoms with Crippen LogP contribution in [0.15, 0.2) is 0 Å². The van der Waals surface area contributed by atoms with Crippen LogP contribution in [0.25, 0.3) is 0 Å². The molecule has 1 rings (SSSR count). The lowest BCUT2D eigenvalue weighted by Crippen LogP contribution is -2.49. The molecule has 0 aliphatic heterocycles. The van der Waals surface area contributed by atoms with Crippen LogP contribution < -0.4 is 5.32 Å². The van der Waals surface area contributed by atoms with Gasteiger partial charge in [0.25, 0.3) is 0 Å². The van der Waals surface area contributed by atoms with E-state index in [2.05, 4.69) is 44.8 Å². The highest BCUT2D eigenvalue weighted by molar-refractivity contribution is 4.81. The average molecular weight is 240 g/mol. The van der Waals surface area contributed by atoms with E-state index in [9.17, 15) is 0 Å². The van der Waals surface area contributed by atoms with Crippen LogP contribution in [0.4, 0.5) is 0 Å². The molecule has 1 saturated carbocycles. The zero-order valence-corrected chi connectivity index (χ0v) is 12.6. The second-order valence-corrected chi connectivity index (χ2v) is 6.58. The molecule has 0 aromatic rings. The van der Waals surface area contributed by atoms with E-state index in [1.165, 1.54) is 38.8 Å². The summed E-state index contributed by atoms with van der Waals surface area (Å²) in [6.45, 7) is 15.0.